The molecule has 0 unspecified atom stereocenters. The number of amides is 1. The fourth-order valence-corrected chi connectivity index (χ4v) is 1.76. The fourth-order valence-electron chi connectivity index (χ4n) is 1.62. The molecule has 0 atom stereocenters. The molecule has 1 heterocycles. The summed E-state index contributed by atoms with van der Waals surface area (Å²) >= 11 is 4.86. The summed E-state index contributed by atoms with van der Waals surface area (Å²) in [7, 11) is 1.57. The van der Waals surface area contributed by atoms with Crippen molar-refractivity contribution in [2.24, 2.45) is 0 Å². The van der Waals surface area contributed by atoms with E-state index >= 15 is 0 Å². The van der Waals surface area contributed by atoms with Crippen molar-refractivity contribution in [2.75, 3.05) is 7.11 Å². The molecule has 0 saturated carbocycles. The van der Waals surface area contributed by atoms with Crippen LogP contribution in [0, 0.1) is 4.51 Å². The van der Waals surface area contributed by atoms with Crippen LogP contribution in [0.4, 0.5) is 0 Å². The quantitative estimate of drug-likeness (QED) is 0.847. The van der Waals surface area contributed by atoms with Gasteiger partial charge in [-0.05, 0) is 23.8 Å². The van der Waals surface area contributed by atoms with E-state index in [1.165, 1.54) is 12.3 Å². The minimum Gasteiger partial charge on any atom is -0.503 e. The van der Waals surface area contributed by atoms with Crippen LogP contribution in [0.15, 0.2) is 41.0 Å². The van der Waals surface area contributed by atoms with Gasteiger partial charge in [0, 0.05) is 6.54 Å². The first-order valence-electron chi connectivity index (χ1n) is 5.83. The molecule has 1 aromatic heterocycles. The Morgan fingerprint density at radius 1 is 1.45 bits per heavy atom. The van der Waals surface area contributed by atoms with Crippen LogP contribution in [-0.2, 0) is 6.54 Å². The zero-order valence-electron chi connectivity index (χ0n) is 10.8. The minimum absolute atomic E-state index is 0.169. The maximum atomic E-state index is 11.9. The molecule has 1 amide bonds. The molecule has 1 aromatic carbocycles. The highest BCUT2D eigenvalue weighted by molar-refractivity contribution is 7.71. The van der Waals surface area contributed by atoms with Gasteiger partial charge in [-0.15, -0.1) is 0 Å². The van der Waals surface area contributed by atoms with Crippen LogP contribution in [0.2, 0.25) is 0 Å². The maximum Gasteiger partial charge on any atom is 0.291 e. The van der Waals surface area contributed by atoms with E-state index in [2.05, 4.69) is 5.32 Å². The van der Waals surface area contributed by atoms with Gasteiger partial charge in [0.25, 0.3) is 5.91 Å². The van der Waals surface area contributed by atoms with Crippen molar-refractivity contribution in [2.45, 2.75) is 6.54 Å². The lowest BCUT2D eigenvalue weighted by molar-refractivity contribution is 0.0916. The van der Waals surface area contributed by atoms with Crippen LogP contribution in [0.3, 0.4) is 0 Å². The largest absolute Gasteiger partial charge is 0.503 e. The van der Waals surface area contributed by atoms with Crippen molar-refractivity contribution in [1.82, 2.24) is 5.32 Å². The standard InChI is InChI=1S/C14H13NO4S/c1-18-10-4-2-3-9(7-10)8-15-14(17)13-12(16)11(20)5-6-19-13/h2-7,16H,8H2,1H3,(H,15,17). The molecule has 104 valence electrons. The van der Waals surface area contributed by atoms with Gasteiger partial charge >= 0.3 is 0 Å². The van der Waals surface area contributed by atoms with Crippen molar-refractivity contribution < 1.29 is 19.1 Å². The Labute approximate surface area is 120 Å². The summed E-state index contributed by atoms with van der Waals surface area (Å²) in [6.07, 6.45) is 1.27. The second kappa shape index (κ2) is 6.21. The fraction of sp³-hybridized carbons (Fsp3) is 0.143. The number of rotatable bonds is 4. The Morgan fingerprint density at radius 2 is 2.25 bits per heavy atom. The normalized spacial score (nSPS) is 10.1. The number of hydrogen-bond acceptors (Lipinski definition) is 5. The molecule has 5 nitrogen and oxygen atoms in total. The van der Waals surface area contributed by atoms with Crippen molar-refractivity contribution in [3.05, 3.63) is 52.4 Å². The topological polar surface area (TPSA) is 71.7 Å². The van der Waals surface area contributed by atoms with Crippen LogP contribution >= 0.6 is 12.2 Å². The molecule has 0 aliphatic carbocycles. The second-order valence-corrected chi connectivity index (χ2v) is 4.44. The van der Waals surface area contributed by atoms with Gasteiger partial charge in [0.05, 0.1) is 17.9 Å². The molecule has 0 radical (unpaired) electrons. The smallest absolute Gasteiger partial charge is 0.291 e. The van der Waals surface area contributed by atoms with Gasteiger partial charge < -0.3 is 19.6 Å². The van der Waals surface area contributed by atoms with E-state index in [1.807, 2.05) is 18.2 Å². The summed E-state index contributed by atoms with van der Waals surface area (Å²) in [5.41, 5.74) is 0.867. The third-order valence-electron chi connectivity index (χ3n) is 2.65. The van der Waals surface area contributed by atoms with E-state index in [4.69, 9.17) is 21.4 Å². The highest BCUT2D eigenvalue weighted by Crippen LogP contribution is 2.18. The first-order chi connectivity index (χ1) is 9.61. The Balaban J connectivity index is 2.08. The third kappa shape index (κ3) is 3.16. The molecular weight excluding hydrogens is 278 g/mol. The number of benzene rings is 1. The molecule has 2 aromatic rings. The number of nitrogens with one attached hydrogen (secondary N) is 1. The molecule has 0 aliphatic rings. The SMILES string of the molecule is COc1cccc(CNC(=O)c2occc(=S)c2O)c1. The predicted molar refractivity (Wildman–Crippen MR) is 75.4 cm³/mol. The van der Waals surface area contributed by atoms with Gasteiger partial charge in [-0.25, -0.2) is 0 Å². The summed E-state index contributed by atoms with van der Waals surface area (Å²) in [6.45, 7) is 0.284. The predicted octanol–water partition coefficient (Wildman–Crippen LogP) is 2.65. The number of ether oxygens (including phenoxy) is 1. The summed E-state index contributed by atoms with van der Waals surface area (Å²) in [4.78, 5) is 11.9. The van der Waals surface area contributed by atoms with Gasteiger partial charge in [-0.3, -0.25) is 4.79 Å². The van der Waals surface area contributed by atoms with Crippen molar-refractivity contribution >= 4 is 18.1 Å². The molecule has 0 fully saturated rings. The highest BCUT2D eigenvalue weighted by atomic mass is 32.1. The summed E-state index contributed by atoms with van der Waals surface area (Å²) in [6, 6.07) is 8.70. The van der Waals surface area contributed by atoms with Gasteiger partial charge in [-0.1, -0.05) is 24.4 Å². The van der Waals surface area contributed by atoms with E-state index in [0.717, 1.165) is 5.56 Å². The molecule has 20 heavy (non-hydrogen) atoms. The summed E-state index contributed by atoms with van der Waals surface area (Å²) in [5, 5.41) is 12.3. The van der Waals surface area contributed by atoms with Crippen molar-refractivity contribution in [3.8, 4) is 11.5 Å². The molecule has 2 N–H and O–H groups in total. The van der Waals surface area contributed by atoms with Crippen LogP contribution in [0.1, 0.15) is 16.1 Å². The molecule has 0 spiro atoms. The average molecular weight is 291 g/mol. The number of aromatic hydroxyl groups is 1. The van der Waals surface area contributed by atoms with Crippen LogP contribution < -0.4 is 10.1 Å². The Kier molecular flexibility index (Phi) is 4.37. The van der Waals surface area contributed by atoms with Gasteiger partial charge in [0.1, 0.15) is 5.75 Å². The van der Waals surface area contributed by atoms with Gasteiger partial charge in [0.15, 0.2) is 5.75 Å². The number of hydrogen-bond donors (Lipinski definition) is 2. The average Bonchev–Trinajstić information content (AvgIpc) is 2.48. The van der Waals surface area contributed by atoms with Crippen LogP contribution in [0.5, 0.6) is 11.5 Å². The summed E-state index contributed by atoms with van der Waals surface area (Å²) < 4.78 is 10.2. The van der Waals surface area contributed by atoms with Gasteiger partial charge in [0.2, 0.25) is 5.76 Å². The molecule has 0 saturated heterocycles. The maximum absolute atomic E-state index is 11.9. The van der Waals surface area contributed by atoms with Crippen molar-refractivity contribution in [3.63, 3.8) is 0 Å². The zero-order chi connectivity index (χ0) is 14.5. The Morgan fingerprint density at radius 3 is 3.00 bits per heavy atom. The van der Waals surface area contributed by atoms with Crippen LogP contribution in [0.25, 0.3) is 0 Å². The molecule has 0 bridgehead atoms. The lowest BCUT2D eigenvalue weighted by Gasteiger charge is -2.07. The van der Waals surface area contributed by atoms with Gasteiger partial charge in [-0.2, -0.15) is 0 Å². The van der Waals surface area contributed by atoms with E-state index in [-0.39, 0.29) is 22.6 Å². The highest BCUT2D eigenvalue weighted by Gasteiger charge is 2.14. The Bertz CT molecular complexity index is 681. The first kappa shape index (κ1) is 14.1. The number of carbonyl (C=O) groups excluding carboxylic acids is 1. The van der Waals surface area contributed by atoms with E-state index in [1.54, 1.807) is 13.2 Å². The molecule has 0 aliphatic heterocycles. The Hall–Kier alpha value is -2.34. The van der Waals surface area contributed by atoms with Crippen LogP contribution in [-0.4, -0.2) is 18.1 Å². The monoisotopic (exact) mass is 291 g/mol. The minimum atomic E-state index is -0.531. The molecular formula is C14H13NO4S. The zero-order valence-corrected chi connectivity index (χ0v) is 11.6. The molecule has 6 heteroatoms. The third-order valence-corrected chi connectivity index (χ3v) is 2.98. The van der Waals surface area contributed by atoms with Crippen molar-refractivity contribution in [1.29, 1.82) is 0 Å². The number of methoxy groups -OCH3 is 1. The van der Waals surface area contributed by atoms with E-state index in [9.17, 15) is 9.90 Å². The summed E-state index contributed by atoms with van der Waals surface area (Å²) in [5.74, 6) is -0.347. The number of carbonyl (C=O) groups is 1. The first-order valence-corrected chi connectivity index (χ1v) is 6.24. The lowest BCUT2D eigenvalue weighted by Crippen LogP contribution is -2.22. The van der Waals surface area contributed by atoms with E-state index in [0.29, 0.717) is 5.75 Å². The molecule has 2 rings (SSSR count). The lowest BCUT2D eigenvalue weighted by atomic mass is 10.2. The second-order valence-electron chi connectivity index (χ2n) is 4.00. The van der Waals surface area contributed by atoms with E-state index < -0.39 is 5.91 Å².